The molecule has 0 amide bonds. The number of rotatable bonds is 4. The van der Waals surface area contributed by atoms with Crippen molar-refractivity contribution in [1.29, 1.82) is 0 Å². The lowest BCUT2D eigenvalue weighted by molar-refractivity contribution is 0.577. The lowest BCUT2D eigenvalue weighted by atomic mass is 10.2. The van der Waals surface area contributed by atoms with E-state index in [0.717, 1.165) is 12.2 Å². The molecule has 0 aliphatic rings. The second-order valence-electron chi connectivity index (χ2n) is 4.27. The third-order valence-electron chi connectivity index (χ3n) is 2.94. The third-order valence-corrected chi connectivity index (χ3v) is 4.88. The Balaban J connectivity index is 1.73. The van der Waals surface area contributed by atoms with E-state index >= 15 is 0 Å². The number of thiophene rings is 1. The molecule has 1 N–H and O–H groups in total. The molecule has 0 bridgehead atoms. The normalized spacial score (nSPS) is 12.9. The first-order valence-corrected chi connectivity index (χ1v) is 7.68. The zero-order valence-corrected chi connectivity index (χ0v) is 11.7. The minimum atomic E-state index is 0.365. The van der Waals surface area contributed by atoms with E-state index in [1.54, 1.807) is 11.3 Å². The van der Waals surface area contributed by atoms with Crippen LogP contribution in [0.15, 0.2) is 41.2 Å². The first-order chi connectivity index (χ1) is 8.83. The van der Waals surface area contributed by atoms with E-state index in [1.807, 2.05) is 16.8 Å². The Morgan fingerprint density at radius 1 is 1.33 bits per heavy atom. The second-order valence-corrected chi connectivity index (χ2v) is 6.10. The maximum Gasteiger partial charge on any atom is 0.0795 e. The summed E-state index contributed by atoms with van der Waals surface area (Å²) in [5, 5.41) is 6.94. The summed E-state index contributed by atoms with van der Waals surface area (Å²) in [5.41, 5.74) is 2.99. The van der Waals surface area contributed by atoms with Gasteiger partial charge in [0, 0.05) is 27.5 Å². The van der Waals surface area contributed by atoms with Crippen LogP contribution < -0.4 is 5.32 Å². The highest BCUT2D eigenvalue weighted by molar-refractivity contribution is 7.19. The second kappa shape index (κ2) is 5.18. The zero-order chi connectivity index (χ0) is 12.4. The molecule has 0 radical (unpaired) electrons. The molecule has 18 heavy (non-hydrogen) atoms. The summed E-state index contributed by atoms with van der Waals surface area (Å²) in [4.78, 5) is 5.67. The summed E-state index contributed by atoms with van der Waals surface area (Å²) in [6.45, 7) is 3.04. The van der Waals surface area contributed by atoms with Crippen LogP contribution in [0.4, 0.5) is 0 Å². The summed E-state index contributed by atoms with van der Waals surface area (Å²) < 4.78 is 1.36. The van der Waals surface area contributed by atoms with Gasteiger partial charge in [-0.05, 0) is 24.4 Å². The summed E-state index contributed by atoms with van der Waals surface area (Å²) >= 11 is 3.50. The van der Waals surface area contributed by atoms with Crippen molar-refractivity contribution in [2.24, 2.45) is 0 Å². The van der Waals surface area contributed by atoms with E-state index in [4.69, 9.17) is 0 Å². The highest BCUT2D eigenvalue weighted by Crippen LogP contribution is 2.29. The van der Waals surface area contributed by atoms with E-state index < -0.39 is 0 Å². The van der Waals surface area contributed by atoms with Gasteiger partial charge in [0.25, 0.3) is 0 Å². The quantitative estimate of drug-likeness (QED) is 0.771. The molecule has 0 saturated carbocycles. The molecule has 92 valence electrons. The molecule has 2 heterocycles. The fourth-order valence-corrected chi connectivity index (χ4v) is 3.55. The minimum Gasteiger partial charge on any atom is -0.304 e. The molecule has 0 aliphatic heterocycles. The Labute approximate surface area is 114 Å². The van der Waals surface area contributed by atoms with Gasteiger partial charge in [-0.25, -0.2) is 4.98 Å². The first kappa shape index (κ1) is 11.8. The molecule has 1 atom stereocenters. The van der Waals surface area contributed by atoms with Crippen LogP contribution in [0.3, 0.4) is 0 Å². The topological polar surface area (TPSA) is 24.9 Å². The van der Waals surface area contributed by atoms with Gasteiger partial charge in [-0.15, -0.1) is 22.7 Å². The van der Waals surface area contributed by atoms with Gasteiger partial charge >= 0.3 is 0 Å². The molecule has 2 nitrogen and oxygen atoms in total. The molecule has 3 aromatic rings. The zero-order valence-electron chi connectivity index (χ0n) is 10.1. The Bertz CT molecular complexity index is 595. The molecule has 1 aromatic carbocycles. The smallest absolute Gasteiger partial charge is 0.0795 e. The Morgan fingerprint density at radius 2 is 2.22 bits per heavy atom. The van der Waals surface area contributed by atoms with Crippen LogP contribution in [-0.4, -0.2) is 4.98 Å². The molecule has 4 heteroatoms. The number of thiazole rings is 1. The van der Waals surface area contributed by atoms with Crippen molar-refractivity contribution in [3.8, 4) is 0 Å². The van der Waals surface area contributed by atoms with Gasteiger partial charge in [0.1, 0.15) is 0 Å². The predicted molar refractivity (Wildman–Crippen MR) is 79.2 cm³/mol. The van der Waals surface area contributed by atoms with E-state index in [0.29, 0.717) is 6.04 Å². The van der Waals surface area contributed by atoms with E-state index in [9.17, 15) is 0 Å². The maximum atomic E-state index is 4.28. The molecule has 2 aromatic heterocycles. The minimum absolute atomic E-state index is 0.365. The van der Waals surface area contributed by atoms with Crippen LogP contribution >= 0.6 is 22.7 Å². The molecule has 0 aliphatic carbocycles. The highest BCUT2D eigenvalue weighted by Gasteiger charge is 2.09. The van der Waals surface area contributed by atoms with Crippen molar-refractivity contribution < 1.29 is 0 Å². The van der Waals surface area contributed by atoms with Gasteiger partial charge < -0.3 is 5.32 Å². The number of fused-ring (bicyclic) bond motifs is 1. The summed E-state index contributed by atoms with van der Waals surface area (Å²) in [6.07, 6.45) is 0. The van der Waals surface area contributed by atoms with Crippen molar-refractivity contribution in [2.45, 2.75) is 19.5 Å². The van der Waals surface area contributed by atoms with Crippen molar-refractivity contribution in [3.63, 3.8) is 0 Å². The monoisotopic (exact) mass is 274 g/mol. The average molecular weight is 274 g/mol. The van der Waals surface area contributed by atoms with E-state index in [2.05, 4.69) is 52.9 Å². The highest BCUT2D eigenvalue weighted by atomic mass is 32.1. The fourth-order valence-electron chi connectivity index (χ4n) is 1.90. The van der Waals surface area contributed by atoms with Crippen LogP contribution in [-0.2, 0) is 6.54 Å². The number of nitrogens with one attached hydrogen (secondary N) is 1. The maximum absolute atomic E-state index is 4.28. The molecule has 0 saturated heterocycles. The van der Waals surface area contributed by atoms with Gasteiger partial charge in [-0.2, -0.15) is 0 Å². The molecule has 1 unspecified atom stereocenters. The van der Waals surface area contributed by atoms with Crippen LogP contribution in [0, 0.1) is 0 Å². The van der Waals surface area contributed by atoms with Gasteiger partial charge in [-0.3, -0.25) is 0 Å². The largest absolute Gasteiger partial charge is 0.304 e. The summed E-state index contributed by atoms with van der Waals surface area (Å²) in [5.74, 6) is 0. The molecular formula is C14H14N2S2. The predicted octanol–water partition coefficient (Wildman–Crippen LogP) is 4.21. The van der Waals surface area contributed by atoms with Gasteiger partial charge in [0.05, 0.1) is 11.2 Å². The molecular weight excluding hydrogens is 260 g/mol. The number of benzene rings is 1. The van der Waals surface area contributed by atoms with Crippen LogP contribution in [0.5, 0.6) is 0 Å². The van der Waals surface area contributed by atoms with Crippen molar-refractivity contribution in [2.75, 3.05) is 0 Å². The molecule has 3 rings (SSSR count). The van der Waals surface area contributed by atoms with Gasteiger partial charge in [0.15, 0.2) is 0 Å². The Morgan fingerprint density at radius 3 is 3.00 bits per heavy atom. The Hall–Kier alpha value is -1.23. The van der Waals surface area contributed by atoms with E-state index in [1.165, 1.54) is 15.0 Å². The fraction of sp³-hybridized carbons (Fsp3) is 0.214. The SMILES string of the molecule is CC(NCc1cscn1)c1cc2ccccc2s1. The lowest BCUT2D eigenvalue weighted by Crippen LogP contribution is -2.17. The Kier molecular flexibility index (Phi) is 3.41. The van der Waals surface area contributed by atoms with Crippen molar-refractivity contribution >= 4 is 32.8 Å². The number of aromatic nitrogens is 1. The standard InChI is InChI=1S/C14H14N2S2/c1-10(15-7-12-8-17-9-16-12)14-6-11-4-2-3-5-13(11)18-14/h2-6,8-10,15H,7H2,1H3. The first-order valence-electron chi connectivity index (χ1n) is 5.92. The summed E-state index contributed by atoms with van der Waals surface area (Å²) in [7, 11) is 0. The van der Waals surface area contributed by atoms with Gasteiger partial charge in [-0.1, -0.05) is 18.2 Å². The average Bonchev–Trinajstić information content (AvgIpc) is 3.04. The molecule has 0 fully saturated rings. The van der Waals surface area contributed by atoms with Crippen molar-refractivity contribution in [1.82, 2.24) is 10.3 Å². The van der Waals surface area contributed by atoms with Gasteiger partial charge in [0.2, 0.25) is 0 Å². The van der Waals surface area contributed by atoms with Crippen molar-refractivity contribution in [3.05, 3.63) is 51.8 Å². The van der Waals surface area contributed by atoms with E-state index in [-0.39, 0.29) is 0 Å². The third kappa shape index (κ3) is 2.46. The number of hydrogen-bond acceptors (Lipinski definition) is 4. The lowest BCUT2D eigenvalue weighted by Gasteiger charge is -2.10. The summed E-state index contributed by atoms with van der Waals surface area (Å²) in [6, 6.07) is 11.2. The number of nitrogens with zero attached hydrogens (tertiary/aromatic N) is 1. The number of hydrogen-bond donors (Lipinski definition) is 1. The van der Waals surface area contributed by atoms with Crippen LogP contribution in [0.25, 0.3) is 10.1 Å². The molecule has 0 spiro atoms. The van der Waals surface area contributed by atoms with Crippen LogP contribution in [0.2, 0.25) is 0 Å². The van der Waals surface area contributed by atoms with Crippen LogP contribution in [0.1, 0.15) is 23.5 Å².